The van der Waals surface area contributed by atoms with Crippen molar-refractivity contribution in [1.29, 1.82) is 0 Å². The molecule has 7 nitrogen and oxygen atoms in total. The Morgan fingerprint density at radius 3 is 2.20 bits per heavy atom. The molecule has 112 valence electrons. The first kappa shape index (κ1) is 16.1. The molecule has 0 saturated carbocycles. The molecular formula is C13H22N4O3. The molecule has 0 aliphatic heterocycles. The molecule has 1 rings (SSSR count). The number of hydrogen-bond acceptors (Lipinski definition) is 4. The molecular weight excluding hydrogens is 260 g/mol. The van der Waals surface area contributed by atoms with Gasteiger partial charge in [-0.1, -0.05) is 26.0 Å². The van der Waals surface area contributed by atoms with E-state index < -0.39 is 11.4 Å². The molecule has 1 aromatic heterocycles. The Morgan fingerprint density at radius 2 is 1.80 bits per heavy atom. The van der Waals surface area contributed by atoms with E-state index in [9.17, 15) is 9.59 Å². The van der Waals surface area contributed by atoms with Crippen LogP contribution in [0.5, 0.6) is 0 Å². The predicted molar refractivity (Wildman–Crippen MR) is 73.6 cm³/mol. The van der Waals surface area contributed by atoms with Crippen LogP contribution in [0.2, 0.25) is 0 Å². The summed E-state index contributed by atoms with van der Waals surface area (Å²) in [6.45, 7) is 10.6. The zero-order chi connectivity index (χ0) is 15.5. The third kappa shape index (κ3) is 3.34. The number of carboxylic acids is 1. The molecule has 0 atom stereocenters. The van der Waals surface area contributed by atoms with E-state index >= 15 is 0 Å². The van der Waals surface area contributed by atoms with Gasteiger partial charge < -0.3 is 10.0 Å². The van der Waals surface area contributed by atoms with Gasteiger partial charge in [0.15, 0.2) is 5.69 Å². The number of hydrogen-bond donors (Lipinski definition) is 1. The summed E-state index contributed by atoms with van der Waals surface area (Å²) in [5, 5.41) is 16.7. The number of likely N-dealkylation sites (N-methyl/N-ethyl adjacent to an activating group) is 1. The molecule has 0 bridgehead atoms. The Morgan fingerprint density at radius 1 is 1.25 bits per heavy atom. The first-order chi connectivity index (χ1) is 9.22. The number of amides is 1. The van der Waals surface area contributed by atoms with Gasteiger partial charge in [0.25, 0.3) is 0 Å². The van der Waals surface area contributed by atoms with Gasteiger partial charge in [0, 0.05) is 18.5 Å². The lowest BCUT2D eigenvalue weighted by Gasteiger charge is -2.22. The standard InChI is InChI=1S/C13H22N4O3/c1-6-16(7-2)9(18)8-17-11(13(3,4)5)10(12(19)20)14-15-17/h6-8H2,1-5H3,(H,19,20). The Bertz CT molecular complexity index is 498. The van der Waals surface area contributed by atoms with E-state index in [-0.39, 0.29) is 18.1 Å². The minimum absolute atomic E-state index is 0.00850. The number of carbonyl (C=O) groups excluding carboxylic acids is 1. The Labute approximate surface area is 118 Å². The highest BCUT2D eigenvalue weighted by atomic mass is 16.4. The highest BCUT2D eigenvalue weighted by Gasteiger charge is 2.30. The monoisotopic (exact) mass is 282 g/mol. The summed E-state index contributed by atoms with van der Waals surface area (Å²) in [4.78, 5) is 25.0. The van der Waals surface area contributed by atoms with Crippen LogP contribution in [0, 0.1) is 0 Å². The van der Waals surface area contributed by atoms with Crippen molar-refractivity contribution in [3.8, 4) is 0 Å². The first-order valence-corrected chi connectivity index (χ1v) is 6.67. The van der Waals surface area contributed by atoms with Crippen LogP contribution in [-0.4, -0.2) is 50.0 Å². The summed E-state index contributed by atoms with van der Waals surface area (Å²) < 4.78 is 1.39. The van der Waals surface area contributed by atoms with Crippen LogP contribution in [0.25, 0.3) is 0 Å². The van der Waals surface area contributed by atoms with Crippen molar-refractivity contribution < 1.29 is 14.7 Å². The molecule has 20 heavy (non-hydrogen) atoms. The Kier molecular flexibility index (Phi) is 4.86. The molecule has 0 aromatic carbocycles. The van der Waals surface area contributed by atoms with Crippen LogP contribution in [0.3, 0.4) is 0 Å². The quantitative estimate of drug-likeness (QED) is 0.875. The topological polar surface area (TPSA) is 88.3 Å². The second kappa shape index (κ2) is 6.02. The van der Waals surface area contributed by atoms with Crippen LogP contribution in [0.15, 0.2) is 0 Å². The van der Waals surface area contributed by atoms with Crippen molar-refractivity contribution in [2.45, 2.75) is 46.6 Å². The second-order valence-corrected chi connectivity index (χ2v) is 5.57. The van der Waals surface area contributed by atoms with Crippen LogP contribution in [0.4, 0.5) is 0 Å². The van der Waals surface area contributed by atoms with Gasteiger partial charge in [-0.2, -0.15) is 0 Å². The van der Waals surface area contributed by atoms with Gasteiger partial charge in [-0.3, -0.25) is 4.79 Å². The molecule has 0 unspecified atom stereocenters. The van der Waals surface area contributed by atoms with Crippen molar-refractivity contribution >= 4 is 11.9 Å². The van der Waals surface area contributed by atoms with E-state index in [4.69, 9.17) is 5.11 Å². The molecule has 0 spiro atoms. The lowest BCUT2D eigenvalue weighted by Crippen LogP contribution is -2.35. The van der Waals surface area contributed by atoms with Gasteiger partial charge in [-0.15, -0.1) is 5.10 Å². The van der Waals surface area contributed by atoms with E-state index in [0.717, 1.165) is 0 Å². The molecule has 1 amide bonds. The number of aromatic carboxylic acids is 1. The van der Waals surface area contributed by atoms with Crippen LogP contribution < -0.4 is 0 Å². The highest BCUT2D eigenvalue weighted by Crippen LogP contribution is 2.24. The summed E-state index contributed by atoms with van der Waals surface area (Å²) in [5.74, 6) is -1.22. The SMILES string of the molecule is CCN(CC)C(=O)Cn1nnc(C(=O)O)c1C(C)(C)C. The molecule has 0 saturated heterocycles. The third-order valence-corrected chi connectivity index (χ3v) is 3.05. The maximum absolute atomic E-state index is 12.1. The minimum atomic E-state index is -1.13. The van der Waals surface area contributed by atoms with Crippen molar-refractivity contribution in [2.75, 3.05) is 13.1 Å². The fourth-order valence-corrected chi connectivity index (χ4v) is 2.11. The predicted octanol–water partition coefficient (Wildman–Crippen LogP) is 1.14. The molecule has 0 radical (unpaired) electrons. The number of carboxylic acid groups (broad SMARTS) is 1. The summed E-state index contributed by atoms with van der Waals surface area (Å²) >= 11 is 0. The van der Waals surface area contributed by atoms with E-state index in [1.165, 1.54) is 4.68 Å². The minimum Gasteiger partial charge on any atom is -0.476 e. The normalized spacial score (nSPS) is 11.4. The number of aromatic nitrogens is 3. The van der Waals surface area contributed by atoms with Crippen molar-refractivity contribution in [1.82, 2.24) is 19.9 Å². The number of nitrogens with zero attached hydrogens (tertiary/aromatic N) is 4. The van der Waals surface area contributed by atoms with Crippen LogP contribution in [-0.2, 0) is 16.8 Å². The Hall–Kier alpha value is -1.92. The summed E-state index contributed by atoms with van der Waals surface area (Å²) in [7, 11) is 0. The Balaban J connectivity index is 3.14. The van der Waals surface area contributed by atoms with E-state index in [1.807, 2.05) is 34.6 Å². The van der Waals surface area contributed by atoms with Gasteiger partial charge in [-0.05, 0) is 13.8 Å². The maximum Gasteiger partial charge on any atom is 0.358 e. The number of rotatable bonds is 5. The fourth-order valence-electron chi connectivity index (χ4n) is 2.11. The molecule has 1 aromatic rings. The lowest BCUT2D eigenvalue weighted by molar-refractivity contribution is -0.131. The van der Waals surface area contributed by atoms with E-state index in [2.05, 4.69) is 10.3 Å². The first-order valence-electron chi connectivity index (χ1n) is 6.67. The van der Waals surface area contributed by atoms with Crippen LogP contribution >= 0.6 is 0 Å². The summed E-state index contributed by atoms with van der Waals surface area (Å²) in [6, 6.07) is 0. The molecule has 0 fully saturated rings. The molecule has 1 N–H and O–H groups in total. The lowest BCUT2D eigenvalue weighted by atomic mass is 9.90. The summed E-state index contributed by atoms with van der Waals surface area (Å²) in [6.07, 6.45) is 0. The highest BCUT2D eigenvalue weighted by molar-refractivity contribution is 5.87. The van der Waals surface area contributed by atoms with Crippen molar-refractivity contribution in [3.63, 3.8) is 0 Å². The van der Waals surface area contributed by atoms with Crippen LogP contribution in [0.1, 0.15) is 50.8 Å². The van der Waals surface area contributed by atoms with Crippen molar-refractivity contribution in [2.24, 2.45) is 0 Å². The average Bonchev–Trinajstić information content (AvgIpc) is 2.74. The zero-order valence-electron chi connectivity index (χ0n) is 12.7. The number of carbonyl (C=O) groups is 2. The second-order valence-electron chi connectivity index (χ2n) is 5.57. The maximum atomic E-state index is 12.1. The largest absolute Gasteiger partial charge is 0.476 e. The zero-order valence-corrected chi connectivity index (χ0v) is 12.7. The third-order valence-electron chi connectivity index (χ3n) is 3.05. The molecule has 0 aliphatic rings. The molecule has 1 heterocycles. The summed E-state index contributed by atoms with van der Waals surface area (Å²) in [5.41, 5.74) is -0.0869. The van der Waals surface area contributed by atoms with E-state index in [1.54, 1.807) is 4.90 Å². The van der Waals surface area contributed by atoms with Gasteiger partial charge in [-0.25, -0.2) is 9.48 Å². The van der Waals surface area contributed by atoms with Gasteiger partial charge >= 0.3 is 5.97 Å². The van der Waals surface area contributed by atoms with Crippen molar-refractivity contribution in [3.05, 3.63) is 11.4 Å². The molecule has 7 heteroatoms. The van der Waals surface area contributed by atoms with Gasteiger partial charge in [0.2, 0.25) is 5.91 Å². The van der Waals surface area contributed by atoms with E-state index in [0.29, 0.717) is 18.8 Å². The van der Waals surface area contributed by atoms with Gasteiger partial charge in [0.05, 0.1) is 5.69 Å². The smallest absolute Gasteiger partial charge is 0.358 e. The average molecular weight is 282 g/mol. The van der Waals surface area contributed by atoms with Gasteiger partial charge in [0.1, 0.15) is 6.54 Å². The fraction of sp³-hybridized carbons (Fsp3) is 0.692. The molecule has 0 aliphatic carbocycles.